The van der Waals surface area contributed by atoms with Crippen molar-refractivity contribution in [2.24, 2.45) is 0 Å². The average molecular weight is 435 g/mol. The topological polar surface area (TPSA) is 106 Å². The van der Waals surface area contributed by atoms with Crippen LogP contribution >= 0.6 is 0 Å². The first-order valence-corrected chi connectivity index (χ1v) is 11.5. The lowest BCUT2D eigenvalue weighted by molar-refractivity contribution is 0.0386. The maximum atomic E-state index is 13.3. The highest BCUT2D eigenvalue weighted by atomic mass is 32.2. The average Bonchev–Trinajstić information content (AvgIpc) is 3.00. The quantitative estimate of drug-likeness (QED) is 0.553. The number of anilines is 1. The van der Waals surface area contributed by atoms with Crippen molar-refractivity contribution >= 4 is 27.4 Å². The summed E-state index contributed by atoms with van der Waals surface area (Å²) in [5.74, 6) is -0.770. The Hall–Kier alpha value is -2.65. The van der Waals surface area contributed by atoms with E-state index < -0.39 is 15.8 Å². The van der Waals surface area contributed by atoms with Crippen molar-refractivity contribution in [3.8, 4) is 0 Å². The third-order valence-corrected chi connectivity index (χ3v) is 6.33. The molecule has 9 heteroatoms. The highest BCUT2D eigenvalue weighted by Gasteiger charge is 2.29. The highest BCUT2D eigenvalue weighted by Crippen LogP contribution is 2.31. The zero-order chi connectivity index (χ0) is 22.1. The number of H-pyrrole nitrogens is 1. The van der Waals surface area contributed by atoms with E-state index in [1.54, 1.807) is 30.9 Å². The maximum absolute atomic E-state index is 13.3. The fourth-order valence-electron chi connectivity index (χ4n) is 3.71. The number of fused-ring (bicyclic) bond motifs is 1. The van der Waals surface area contributed by atoms with Gasteiger partial charge in [-0.25, -0.2) is 13.2 Å². The van der Waals surface area contributed by atoms with E-state index in [4.69, 9.17) is 9.47 Å². The van der Waals surface area contributed by atoms with Crippen LogP contribution in [0.25, 0.3) is 0 Å². The normalized spacial score (nSPS) is 13.8. The number of rotatable bonds is 6. The molecule has 0 spiro atoms. The van der Waals surface area contributed by atoms with Crippen LogP contribution in [0.1, 0.15) is 44.1 Å². The molecule has 0 saturated heterocycles. The molecule has 2 aromatic rings. The SMILES string of the molecule is COCCOC(=O)c1c(C)[nH]c(C(=O)N2CCCc3cc(S(C)(=O)=O)ccc32)c1C. The smallest absolute Gasteiger partial charge is 0.340 e. The Kier molecular flexibility index (Phi) is 6.33. The summed E-state index contributed by atoms with van der Waals surface area (Å²) in [6, 6.07) is 4.83. The number of aryl methyl sites for hydroxylation is 2. The molecule has 2 heterocycles. The fourth-order valence-corrected chi connectivity index (χ4v) is 4.38. The second-order valence-corrected chi connectivity index (χ2v) is 9.39. The van der Waals surface area contributed by atoms with Crippen LogP contribution in [0.5, 0.6) is 0 Å². The molecule has 0 fully saturated rings. The molecular formula is C21H26N2O6S. The Labute approximate surface area is 176 Å². The van der Waals surface area contributed by atoms with Crippen molar-refractivity contribution in [3.05, 3.63) is 46.3 Å². The van der Waals surface area contributed by atoms with Crippen molar-refractivity contribution < 1.29 is 27.5 Å². The number of methoxy groups -OCH3 is 1. The van der Waals surface area contributed by atoms with Crippen LogP contribution in [0.2, 0.25) is 0 Å². The molecule has 1 aromatic carbocycles. The molecule has 162 valence electrons. The first-order chi connectivity index (χ1) is 14.1. The van der Waals surface area contributed by atoms with E-state index in [2.05, 4.69) is 4.98 Å². The molecular weight excluding hydrogens is 408 g/mol. The van der Waals surface area contributed by atoms with Crippen molar-refractivity contribution in [1.29, 1.82) is 0 Å². The first kappa shape index (κ1) is 22.0. The number of esters is 1. The lowest BCUT2D eigenvalue weighted by Gasteiger charge is -2.29. The minimum Gasteiger partial charge on any atom is -0.460 e. The number of aromatic nitrogens is 1. The van der Waals surface area contributed by atoms with Crippen LogP contribution in [-0.4, -0.2) is 58.4 Å². The predicted octanol–water partition coefficient (Wildman–Crippen LogP) is 2.43. The van der Waals surface area contributed by atoms with Crippen LogP contribution in [0.15, 0.2) is 23.1 Å². The number of ether oxygens (including phenoxy) is 2. The van der Waals surface area contributed by atoms with Gasteiger partial charge in [-0.3, -0.25) is 4.79 Å². The van der Waals surface area contributed by atoms with Crippen LogP contribution in [0, 0.1) is 13.8 Å². The second-order valence-electron chi connectivity index (χ2n) is 7.38. The number of aromatic amines is 1. The lowest BCUT2D eigenvalue weighted by atomic mass is 10.0. The van der Waals surface area contributed by atoms with E-state index in [9.17, 15) is 18.0 Å². The monoisotopic (exact) mass is 434 g/mol. The lowest BCUT2D eigenvalue weighted by Crippen LogP contribution is -2.36. The summed E-state index contributed by atoms with van der Waals surface area (Å²) in [7, 11) is -1.80. The van der Waals surface area contributed by atoms with Crippen LogP contribution in [0.3, 0.4) is 0 Å². The third kappa shape index (κ3) is 4.27. The van der Waals surface area contributed by atoms with E-state index >= 15 is 0 Å². The van der Waals surface area contributed by atoms with Crippen molar-refractivity contribution in [2.45, 2.75) is 31.6 Å². The fraction of sp³-hybridized carbons (Fsp3) is 0.429. The molecule has 0 saturated carbocycles. The van der Waals surface area contributed by atoms with Crippen molar-refractivity contribution in [3.63, 3.8) is 0 Å². The number of nitrogens with zero attached hydrogens (tertiary/aromatic N) is 1. The molecule has 3 rings (SSSR count). The van der Waals surface area contributed by atoms with Crippen LogP contribution < -0.4 is 4.90 Å². The summed E-state index contributed by atoms with van der Waals surface area (Å²) in [4.78, 5) is 30.6. The molecule has 1 aromatic heterocycles. The largest absolute Gasteiger partial charge is 0.460 e. The van der Waals surface area contributed by atoms with Gasteiger partial charge < -0.3 is 19.4 Å². The van der Waals surface area contributed by atoms with Gasteiger partial charge in [-0.05, 0) is 56.0 Å². The summed E-state index contributed by atoms with van der Waals surface area (Å²) in [5.41, 5.74) is 3.26. The first-order valence-electron chi connectivity index (χ1n) is 9.65. The van der Waals surface area contributed by atoms with Crippen molar-refractivity contribution in [2.75, 3.05) is 38.0 Å². The number of hydrogen-bond acceptors (Lipinski definition) is 6. The van der Waals surface area contributed by atoms with Crippen molar-refractivity contribution in [1.82, 2.24) is 4.98 Å². The summed E-state index contributed by atoms with van der Waals surface area (Å²) in [5, 5.41) is 0. The van der Waals surface area contributed by atoms with Crippen LogP contribution in [0.4, 0.5) is 5.69 Å². The summed E-state index contributed by atoms with van der Waals surface area (Å²) >= 11 is 0. The van der Waals surface area contributed by atoms with Gasteiger partial charge in [-0.2, -0.15) is 0 Å². The molecule has 1 aliphatic rings. The minimum absolute atomic E-state index is 0.130. The molecule has 1 N–H and O–H groups in total. The predicted molar refractivity (Wildman–Crippen MR) is 112 cm³/mol. The Balaban J connectivity index is 1.92. The molecule has 8 nitrogen and oxygen atoms in total. The molecule has 0 atom stereocenters. The molecule has 0 bridgehead atoms. The number of benzene rings is 1. The summed E-state index contributed by atoms with van der Waals surface area (Å²) in [6.45, 7) is 4.36. The Morgan fingerprint density at radius 3 is 2.60 bits per heavy atom. The van der Waals surface area contributed by atoms with Gasteiger partial charge in [-0.1, -0.05) is 0 Å². The number of nitrogens with one attached hydrogen (secondary N) is 1. The minimum atomic E-state index is -3.32. The van der Waals surface area contributed by atoms with Gasteiger partial charge in [0, 0.05) is 31.3 Å². The standard InChI is InChI=1S/C21H26N2O6S/c1-13-18(21(25)29-11-10-28-3)14(2)22-19(13)20(24)23-9-5-6-15-12-16(30(4,26)27)7-8-17(15)23/h7-8,12,22H,5-6,9-11H2,1-4H3. The summed E-state index contributed by atoms with van der Waals surface area (Å²) < 4.78 is 33.8. The molecule has 0 unspecified atom stereocenters. The Morgan fingerprint density at radius 1 is 1.20 bits per heavy atom. The van der Waals surface area contributed by atoms with E-state index in [0.717, 1.165) is 12.0 Å². The maximum Gasteiger partial charge on any atom is 0.340 e. The van der Waals surface area contributed by atoms with Gasteiger partial charge in [0.05, 0.1) is 17.1 Å². The number of amides is 1. The Bertz CT molecular complexity index is 1090. The number of hydrogen-bond donors (Lipinski definition) is 1. The van der Waals surface area contributed by atoms with Crippen LogP contribution in [-0.2, 0) is 25.7 Å². The van der Waals surface area contributed by atoms with E-state index in [-0.39, 0.29) is 17.4 Å². The number of sulfone groups is 1. The highest BCUT2D eigenvalue weighted by molar-refractivity contribution is 7.90. The molecule has 30 heavy (non-hydrogen) atoms. The van der Waals surface area contributed by atoms with Gasteiger partial charge in [0.1, 0.15) is 12.3 Å². The zero-order valence-electron chi connectivity index (χ0n) is 17.6. The van der Waals surface area contributed by atoms with Gasteiger partial charge in [0.15, 0.2) is 9.84 Å². The zero-order valence-corrected chi connectivity index (χ0v) is 18.4. The van der Waals surface area contributed by atoms with Gasteiger partial charge in [0.25, 0.3) is 5.91 Å². The van der Waals surface area contributed by atoms with E-state index in [0.29, 0.717) is 47.8 Å². The molecule has 0 radical (unpaired) electrons. The second kappa shape index (κ2) is 8.61. The molecule has 1 aliphatic heterocycles. The number of carbonyl (C=O) groups excluding carboxylic acids is 2. The van der Waals surface area contributed by atoms with Gasteiger partial charge in [-0.15, -0.1) is 0 Å². The number of carbonyl (C=O) groups is 2. The summed E-state index contributed by atoms with van der Waals surface area (Å²) in [6.07, 6.45) is 2.58. The van der Waals surface area contributed by atoms with E-state index in [1.807, 2.05) is 0 Å². The van der Waals surface area contributed by atoms with Gasteiger partial charge >= 0.3 is 5.97 Å². The molecule has 0 aliphatic carbocycles. The van der Waals surface area contributed by atoms with E-state index in [1.165, 1.54) is 19.4 Å². The molecule has 1 amide bonds. The third-order valence-electron chi connectivity index (χ3n) is 5.22. The Morgan fingerprint density at radius 2 is 1.93 bits per heavy atom. The van der Waals surface area contributed by atoms with Gasteiger partial charge in [0.2, 0.25) is 0 Å².